The number of carboxylic acids is 1. The number of nitrogens with one attached hydrogen (secondary N) is 1. The summed E-state index contributed by atoms with van der Waals surface area (Å²) in [5.74, 6) is -0.561. The Labute approximate surface area is 117 Å². The molecular formula is C14H18ClNO3. The van der Waals surface area contributed by atoms with E-state index in [2.05, 4.69) is 5.32 Å². The highest BCUT2D eigenvalue weighted by Gasteiger charge is 2.19. The number of aliphatic hydroxyl groups is 1. The average molecular weight is 284 g/mol. The first-order valence-electron chi connectivity index (χ1n) is 6.51. The molecule has 1 fully saturated rings. The largest absolute Gasteiger partial charge is 0.478 e. The summed E-state index contributed by atoms with van der Waals surface area (Å²) in [5.41, 5.74) is 0.926. The monoisotopic (exact) mass is 283 g/mol. The fraction of sp³-hybridized carbons (Fsp3) is 0.500. The summed E-state index contributed by atoms with van der Waals surface area (Å²) >= 11 is 5.91. The zero-order valence-electron chi connectivity index (χ0n) is 10.6. The minimum Gasteiger partial charge on any atom is -0.478 e. The van der Waals surface area contributed by atoms with Crippen LogP contribution in [0.15, 0.2) is 18.2 Å². The Morgan fingerprint density at radius 1 is 1.42 bits per heavy atom. The van der Waals surface area contributed by atoms with Gasteiger partial charge in [0.05, 0.1) is 16.7 Å². The van der Waals surface area contributed by atoms with Crippen molar-refractivity contribution >= 4 is 23.3 Å². The van der Waals surface area contributed by atoms with Crippen molar-refractivity contribution < 1.29 is 15.0 Å². The number of benzene rings is 1. The van der Waals surface area contributed by atoms with Crippen molar-refractivity contribution in [2.45, 2.75) is 31.8 Å². The lowest BCUT2D eigenvalue weighted by molar-refractivity contribution is 0.0697. The van der Waals surface area contributed by atoms with Gasteiger partial charge in [0.2, 0.25) is 0 Å². The van der Waals surface area contributed by atoms with Crippen LogP contribution < -0.4 is 5.32 Å². The van der Waals surface area contributed by atoms with Crippen molar-refractivity contribution in [2.75, 3.05) is 11.9 Å². The maximum absolute atomic E-state index is 10.8. The Morgan fingerprint density at radius 3 is 2.84 bits per heavy atom. The van der Waals surface area contributed by atoms with Crippen LogP contribution in [0, 0.1) is 5.92 Å². The Morgan fingerprint density at radius 2 is 2.21 bits per heavy atom. The predicted molar refractivity (Wildman–Crippen MR) is 74.9 cm³/mol. The van der Waals surface area contributed by atoms with Gasteiger partial charge in [0, 0.05) is 12.2 Å². The Balaban J connectivity index is 1.92. The van der Waals surface area contributed by atoms with Crippen LogP contribution in [0.5, 0.6) is 0 Å². The van der Waals surface area contributed by atoms with Gasteiger partial charge in [0.1, 0.15) is 0 Å². The van der Waals surface area contributed by atoms with Crippen molar-refractivity contribution in [3.05, 3.63) is 28.8 Å². The van der Waals surface area contributed by atoms with Crippen LogP contribution in [0.25, 0.3) is 0 Å². The van der Waals surface area contributed by atoms with E-state index in [-0.39, 0.29) is 16.7 Å². The van der Waals surface area contributed by atoms with Gasteiger partial charge in [-0.2, -0.15) is 0 Å². The van der Waals surface area contributed by atoms with Gasteiger partial charge in [0.15, 0.2) is 0 Å². The Bertz CT molecular complexity index is 464. The van der Waals surface area contributed by atoms with Crippen LogP contribution in [0.3, 0.4) is 0 Å². The van der Waals surface area contributed by atoms with Crippen LogP contribution in [0.1, 0.15) is 36.0 Å². The lowest BCUT2D eigenvalue weighted by Crippen LogP contribution is -2.25. The summed E-state index contributed by atoms with van der Waals surface area (Å²) in [7, 11) is 0. The van der Waals surface area contributed by atoms with Gasteiger partial charge in [-0.15, -0.1) is 0 Å². The number of rotatable bonds is 4. The van der Waals surface area contributed by atoms with E-state index in [1.807, 2.05) is 0 Å². The normalized spacial score (nSPS) is 23.1. The van der Waals surface area contributed by atoms with E-state index in [0.717, 1.165) is 37.9 Å². The van der Waals surface area contributed by atoms with E-state index in [9.17, 15) is 9.90 Å². The molecule has 0 heterocycles. The molecule has 2 unspecified atom stereocenters. The van der Waals surface area contributed by atoms with Gasteiger partial charge in [0.25, 0.3) is 0 Å². The molecule has 1 aromatic rings. The van der Waals surface area contributed by atoms with Crippen molar-refractivity contribution in [3.63, 3.8) is 0 Å². The van der Waals surface area contributed by atoms with Crippen LogP contribution in [0.2, 0.25) is 5.02 Å². The molecule has 1 aliphatic carbocycles. The third-order valence-electron chi connectivity index (χ3n) is 3.55. The summed E-state index contributed by atoms with van der Waals surface area (Å²) in [6, 6.07) is 4.85. The quantitative estimate of drug-likeness (QED) is 0.794. The molecular weight excluding hydrogens is 266 g/mol. The lowest BCUT2D eigenvalue weighted by Gasteiger charge is -2.26. The predicted octanol–water partition coefficient (Wildman–Crippen LogP) is 3.00. The van der Waals surface area contributed by atoms with Crippen LogP contribution in [-0.2, 0) is 0 Å². The molecule has 0 spiro atoms. The summed E-state index contributed by atoms with van der Waals surface area (Å²) in [5, 5.41) is 22.0. The number of carbonyl (C=O) groups is 1. The highest BCUT2D eigenvalue weighted by atomic mass is 35.5. The molecule has 104 valence electrons. The van der Waals surface area contributed by atoms with Crippen LogP contribution >= 0.6 is 11.6 Å². The number of hydrogen-bond donors (Lipinski definition) is 3. The summed E-state index contributed by atoms with van der Waals surface area (Å²) in [6.07, 6.45) is 3.72. The van der Waals surface area contributed by atoms with Crippen molar-refractivity contribution in [1.29, 1.82) is 0 Å². The molecule has 2 rings (SSSR count). The van der Waals surface area contributed by atoms with Crippen molar-refractivity contribution in [2.24, 2.45) is 5.92 Å². The molecule has 0 radical (unpaired) electrons. The van der Waals surface area contributed by atoms with Gasteiger partial charge in [-0.3, -0.25) is 0 Å². The lowest BCUT2D eigenvalue weighted by atomic mass is 9.87. The van der Waals surface area contributed by atoms with Gasteiger partial charge in [-0.1, -0.05) is 18.0 Å². The fourth-order valence-electron chi connectivity index (χ4n) is 2.51. The minimum absolute atomic E-state index is 0.111. The Hall–Kier alpha value is -1.26. The number of carboxylic acid groups (broad SMARTS) is 1. The third-order valence-corrected chi connectivity index (χ3v) is 3.86. The van der Waals surface area contributed by atoms with E-state index < -0.39 is 5.97 Å². The molecule has 0 amide bonds. The summed E-state index contributed by atoms with van der Waals surface area (Å²) in [6.45, 7) is 0.778. The molecule has 1 aliphatic rings. The van der Waals surface area contributed by atoms with E-state index in [4.69, 9.17) is 16.7 Å². The average Bonchev–Trinajstić information content (AvgIpc) is 2.36. The molecule has 0 aromatic heterocycles. The number of halogens is 1. The first-order valence-corrected chi connectivity index (χ1v) is 6.89. The number of hydrogen-bond acceptors (Lipinski definition) is 3. The minimum atomic E-state index is -1.02. The molecule has 0 aliphatic heterocycles. The van der Waals surface area contributed by atoms with Crippen molar-refractivity contribution in [1.82, 2.24) is 0 Å². The third kappa shape index (κ3) is 3.85. The maximum atomic E-state index is 10.8. The summed E-state index contributed by atoms with van der Waals surface area (Å²) < 4.78 is 0. The van der Waals surface area contributed by atoms with E-state index in [1.54, 1.807) is 12.1 Å². The van der Waals surface area contributed by atoms with Crippen LogP contribution in [0.4, 0.5) is 5.69 Å². The smallest absolute Gasteiger partial charge is 0.337 e. The molecule has 0 saturated heterocycles. The molecule has 3 N–H and O–H groups in total. The fourth-order valence-corrected chi connectivity index (χ4v) is 2.77. The summed E-state index contributed by atoms with van der Waals surface area (Å²) in [4.78, 5) is 10.8. The van der Waals surface area contributed by atoms with E-state index in [0.29, 0.717) is 5.92 Å². The topological polar surface area (TPSA) is 69.6 Å². The molecule has 2 atom stereocenters. The van der Waals surface area contributed by atoms with E-state index in [1.165, 1.54) is 6.07 Å². The second kappa shape index (κ2) is 6.26. The zero-order valence-corrected chi connectivity index (χ0v) is 11.4. The second-order valence-electron chi connectivity index (χ2n) is 5.07. The molecule has 1 aromatic carbocycles. The van der Waals surface area contributed by atoms with Crippen molar-refractivity contribution in [3.8, 4) is 0 Å². The van der Waals surface area contributed by atoms with Crippen LogP contribution in [-0.4, -0.2) is 28.8 Å². The maximum Gasteiger partial charge on any atom is 0.337 e. The highest BCUT2D eigenvalue weighted by molar-refractivity contribution is 6.33. The molecule has 5 heteroatoms. The van der Waals surface area contributed by atoms with Gasteiger partial charge >= 0.3 is 5.97 Å². The first-order chi connectivity index (χ1) is 9.06. The SMILES string of the molecule is O=C(O)c1ccc(NCC2CCCC(O)C2)cc1Cl. The second-order valence-corrected chi connectivity index (χ2v) is 5.47. The zero-order chi connectivity index (χ0) is 13.8. The van der Waals surface area contributed by atoms with Gasteiger partial charge < -0.3 is 15.5 Å². The highest BCUT2D eigenvalue weighted by Crippen LogP contribution is 2.26. The first kappa shape index (κ1) is 14.2. The molecule has 1 saturated carbocycles. The van der Waals surface area contributed by atoms with Gasteiger partial charge in [-0.05, 0) is 43.4 Å². The number of aliphatic hydroxyl groups excluding tert-OH is 1. The Kier molecular flexibility index (Phi) is 4.66. The molecule has 19 heavy (non-hydrogen) atoms. The molecule has 0 bridgehead atoms. The number of aromatic carboxylic acids is 1. The van der Waals surface area contributed by atoms with E-state index >= 15 is 0 Å². The standard InChI is InChI=1S/C14H18ClNO3/c15-13-7-10(4-5-12(13)14(18)19)16-8-9-2-1-3-11(17)6-9/h4-5,7,9,11,16-17H,1-3,6,8H2,(H,18,19). The number of anilines is 1. The molecule has 4 nitrogen and oxygen atoms in total. The van der Waals surface area contributed by atoms with Gasteiger partial charge in [-0.25, -0.2) is 4.79 Å².